The second-order valence-corrected chi connectivity index (χ2v) is 13.1. The van der Waals surface area contributed by atoms with Crippen molar-refractivity contribution in [2.24, 2.45) is 5.92 Å². The predicted octanol–water partition coefficient (Wildman–Crippen LogP) is 3.84. The van der Waals surface area contributed by atoms with E-state index in [1.165, 1.54) is 15.9 Å². The Morgan fingerprint density at radius 3 is 1.86 bits per heavy atom. The van der Waals surface area contributed by atoms with Gasteiger partial charge in [0.1, 0.15) is 29.8 Å². The molecule has 0 N–H and O–H groups in total. The highest BCUT2D eigenvalue weighted by molar-refractivity contribution is 7.96. The Hall–Kier alpha value is -3.43. The van der Waals surface area contributed by atoms with Gasteiger partial charge < -0.3 is 14.5 Å². The number of rotatable bonds is 8. The smallest absolute Gasteiger partial charge is 0.410 e. The summed E-state index contributed by atoms with van der Waals surface area (Å²) in [4.78, 5) is 29.9. The van der Waals surface area contributed by atoms with E-state index in [4.69, 9.17) is 4.74 Å². The maximum absolute atomic E-state index is 14.1. The normalized spacial score (nSPS) is 18.1. The van der Waals surface area contributed by atoms with Crippen LogP contribution in [0.2, 0.25) is 0 Å². The molecule has 2 amide bonds. The zero-order valence-corrected chi connectivity index (χ0v) is 21.3. The van der Waals surface area contributed by atoms with Crippen LogP contribution in [0.1, 0.15) is 6.42 Å². The van der Waals surface area contributed by atoms with Gasteiger partial charge in [-0.25, -0.2) is 4.79 Å². The molecule has 0 spiro atoms. The number of amides is 2. The topological polar surface area (TPSA) is 49.9 Å². The Morgan fingerprint density at radius 1 is 0.889 bits per heavy atom. The fourth-order valence-corrected chi connectivity index (χ4v) is 10.5. The predicted molar refractivity (Wildman–Crippen MR) is 147 cm³/mol. The minimum atomic E-state index is -2.25. The molecule has 0 radical (unpaired) electrons. The molecular formula is C30H32N2O3P+. The van der Waals surface area contributed by atoms with Gasteiger partial charge in [-0.1, -0.05) is 67.3 Å². The summed E-state index contributed by atoms with van der Waals surface area (Å²) in [5, 5.41) is 3.71. The van der Waals surface area contributed by atoms with Gasteiger partial charge in [0.2, 0.25) is 0 Å². The lowest BCUT2D eigenvalue weighted by Gasteiger charge is -2.40. The van der Waals surface area contributed by atoms with Gasteiger partial charge in [-0.15, -0.1) is 0 Å². The quantitative estimate of drug-likeness (QED) is 0.350. The van der Waals surface area contributed by atoms with Gasteiger partial charge in [-0.3, -0.25) is 4.79 Å². The van der Waals surface area contributed by atoms with Crippen LogP contribution in [0.5, 0.6) is 0 Å². The molecule has 2 heterocycles. The first-order valence-electron chi connectivity index (χ1n) is 12.5. The average Bonchev–Trinajstić information content (AvgIpc) is 3.27. The summed E-state index contributed by atoms with van der Waals surface area (Å²) in [5.41, 5.74) is -0.113. The molecule has 2 aliphatic heterocycles. The molecule has 0 aliphatic carbocycles. The average molecular weight is 500 g/mol. The summed E-state index contributed by atoms with van der Waals surface area (Å²) in [7, 11) is -2.25. The molecule has 0 saturated carbocycles. The summed E-state index contributed by atoms with van der Waals surface area (Å²) in [6.07, 6.45) is 2.09. The minimum absolute atomic E-state index is 0.113. The standard InChI is InChI=1S/C30H32N2O3P/c1-2-20-35-30(34)32-22-24(23-32)21-31-19-18-28(29(31)33)36(25-12-6-3-7-13-25,26-14-8-4-9-15-26)27-16-10-5-11-17-27/h2-17,24,28H,1,18-23H2/q+1/t28-/m1/s1. The van der Waals surface area contributed by atoms with Crippen molar-refractivity contribution in [2.75, 3.05) is 32.8 Å². The fraction of sp³-hybridized carbons (Fsp3) is 0.267. The third kappa shape index (κ3) is 4.44. The van der Waals surface area contributed by atoms with Gasteiger partial charge in [0, 0.05) is 38.5 Å². The summed E-state index contributed by atoms with van der Waals surface area (Å²) in [6.45, 7) is 6.48. The van der Waals surface area contributed by atoms with Crippen LogP contribution in [-0.2, 0) is 9.53 Å². The Labute approximate surface area is 213 Å². The Balaban J connectivity index is 1.44. The molecule has 2 fully saturated rings. The van der Waals surface area contributed by atoms with E-state index in [-0.39, 0.29) is 30.2 Å². The molecule has 2 aliphatic rings. The number of ether oxygens (including phenoxy) is 1. The fourth-order valence-electron chi connectivity index (χ4n) is 5.61. The van der Waals surface area contributed by atoms with Crippen molar-refractivity contribution in [3.8, 4) is 0 Å². The maximum Gasteiger partial charge on any atom is 0.410 e. The molecule has 2 saturated heterocycles. The molecule has 0 unspecified atom stereocenters. The van der Waals surface area contributed by atoms with Gasteiger partial charge in [-0.05, 0) is 36.4 Å². The van der Waals surface area contributed by atoms with Crippen molar-refractivity contribution in [3.05, 3.63) is 104 Å². The number of hydrogen-bond donors (Lipinski definition) is 0. The number of likely N-dealkylation sites (tertiary alicyclic amines) is 2. The lowest BCUT2D eigenvalue weighted by molar-refractivity contribution is -0.128. The van der Waals surface area contributed by atoms with Crippen molar-refractivity contribution in [3.63, 3.8) is 0 Å². The van der Waals surface area contributed by atoms with Crippen molar-refractivity contribution in [1.82, 2.24) is 9.80 Å². The highest BCUT2D eigenvalue weighted by atomic mass is 31.2. The van der Waals surface area contributed by atoms with Crippen LogP contribution in [0, 0.1) is 5.92 Å². The second-order valence-electron chi connectivity index (χ2n) is 9.45. The number of carbonyl (C=O) groups is 2. The Kier molecular flexibility index (Phi) is 7.20. The second kappa shape index (κ2) is 10.7. The summed E-state index contributed by atoms with van der Waals surface area (Å²) >= 11 is 0. The van der Waals surface area contributed by atoms with E-state index >= 15 is 0 Å². The summed E-state index contributed by atoms with van der Waals surface area (Å²) < 4.78 is 5.14. The zero-order valence-electron chi connectivity index (χ0n) is 20.4. The largest absolute Gasteiger partial charge is 0.445 e. The van der Waals surface area contributed by atoms with Crippen molar-refractivity contribution >= 4 is 35.2 Å². The molecular weight excluding hydrogens is 467 g/mol. The van der Waals surface area contributed by atoms with Gasteiger partial charge in [0.15, 0.2) is 5.66 Å². The van der Waals surface area contributed by atoms with E-state index < -0.39 is 7.26 Å². The molecule has 5 nitrogen and oxygen atoms in total. The SMILES string of the molecule is C=CCOC(=O)N1CC(CN2CC[C@@H]([P+](c3ccccc3)(c3ccccc3)c3ccccc3)C2=O)C1. The first kappa shape index (κ1) is 24.3. The van der Waals surface area contributed by atoms with Crippen LogP contribution in [0.4, 0.5) is 4.79 Å². The van der Waals surface area contributed by atoms with E-state index in [0.717, 1.165) is 13.0 Å². The van der Waals surface area contributed by atoms with Gasteiger partial charge in [0.05, 0.1) is 0 Å². The number of nitrogens with zero attached hydrogens (tertiary/aromatic N) is 2. The summed E-state index contributed by atoms with van der Waals surface area (Å²) in [6, 6.07) is 31.8. The first-order valence-corrected chi connectivity index (χ1v) is 14.4. The third-order valence-corrected chi connectivity index (χ3v) is 12.0. The van der Waals surface area contributed by atoms with Crippen molar-refractivity contribution in [2.45, 2.75) is 12.1 Å². The van der Waals surface area contributed by atoms with E-state index in [0.29, 0.717) is 19.6 Å². The van der Waals surface area contributed by atoms with Crippen LogP contribution in [0.15, 0.2) is 104 Å². The van der Waals surface area contributed by atoms with Crippen LogP contribution < -0.4 is 15.9 Å². The minimum Gasteiger partial charge on any atom is -0.445 e. The first-order chi connectivity index (χ1) is 17.6. The lowest BCUT2D eigenvalue weighted by Crippen LogP contribution is -2.54. The molecule has 0 bridgehead atoms. The van der Waals surface area contributed by atoms with Gasteiger partial charge in [-0.2, -0.15) is 0 Å². The highest BCUT2D eigenvalue weighted by Gasteiger charge is 2.58. The van der Waals surface area contributed by atoms with E-state index in [2.05, 4.69) is 79.4 Å². The van der Waals surface area contributed by atoms with Gasteiger partial charge >= 0.3 is 6.09 Å². The lowest BCUT2D eigenvalue weighted by atomic mass is 10.0. The molecule has 3 aromatic rings. The summed E-state index contributed by atoms with van der Waals surface area (Å²) in [5.74, 6) is 0.509. The number of benzene rings is 3. The molecule has 5 rings (SSSR count). The van der Waals surface area contributed by atoms with Crippen LogP contribution in [-0.4, -0.2) is 60.2 Å². The van der Waals surface area contributed by atoms with E-state index in [1.54, 1.807) is 11.0 Å². The number of carbonyl (C=O) groups excluding carboxylic acids is 2. The maximum atomic E-state index is 14.1. The van der Waals surface area contributed by atoms with Crippen molar-refractivity contribution in [1.29, 1.82) is 0 Å². The number of hydrogen-bond acceptors (Lipinski definition) is 3. The molecule has 36 heavy (non-hydrogen) atoms. The molecule has 3 aromatic carbocycles. The zero-order chi connectivity index (χ0) is 25.0. The van der Waals surface area contributed by atoms with Gasteiger partial charge in [0.25, 0.3) is 5.91 Å². The van der Waals surface area contributed by atoms with Crippen LogP contribution in [0.25, 0.3) is 0 Å². The van der Waals surface area contributed by atoms with Crippen LogP contribution >= 0.6 is 7.26 Å². The Bertz CT molecular complexity index is 1100. The van der Waals surface area contributed by atoms with E-state index in [1.807, 2.05) is 23.1 Å². The highest BCUT2D eigenvalue weighted by Crippen LogP contribution is 2.62. The molecule has 1 atom stereocenters. The van der Waals surface area contributed by atoms with Crippen LogP contribution in [0.3, 0.4) is 0 Å². The molecule has 184 valence electrons. The Morgan fingerprint density at radius 2 is 1.39 bits per heavy atom. The molecule has 6 heteroatoms. The molecule has 0 aromatic heterocycles. The van der Waals surface area contributed by atoms with E-state index in [9.17, 15) is 9.59 Å². The third-order valence-electron chi connectivity index (χ3n) is 7.25. The monoisotopic (exact) mass is 499 g/mol. The van der Waals surface area contributed by atoms with Crippen molar-refractivity contribution < 1.29 is 14.3 Å².